The van der Waals surface area contributed by atoms with Gasteiger partial charge in [0.25, 0.3) is 5.56 Å². The maximum absolute atomic E-state index is 12.5. The molecule has 0 spiro atoms. The molecule has 0 aliphatic heterocycles. The number of fused-ring (bicyclic) bond motifs is 1. The lowest BCUT2D eigenvalue weighted by Gasteiger charge is -2.07. The number of nitriles is 1. The summed E-state index contributed by atoms with van der Waals surface area (Å²) in [6, 6.07) is 14.9. The van der Waals surface area contributed by atoms with Crippen molar-refractivity contribution in [2.24, 2.45) is 0 Å². The monoisotopic (exact) mass is 275 g/mol. The number of hydrogen-bond donors (Lipinski definition) is 0. The molecule has 1 aromatic heterocycles. The van der Waals surface area contributed by atoms with Crippen molar-refractivity contribution < 1.29 is 0 Å². The molecule has 2 aromatic carbocycles. The molecular formula is C17H13N3O. The summed E-state index contributed by atoms with van der Waals surface area (Å²) >= 11 is 0. The summed E-state index contributed by atoms with van der Waals surface area (Å²) in [5, 5.41) is 9.42. The van der Waals surface area contributed by atoms with Crippen LogP contribution < -0.4 is 5.56 Å². The first-order chi connectivity index (χ1) is 10.2. The van der Waals surface area contributed by atoms with Crippen LogP contribution in [-0.4, -0.2) is 9.55 Å². The van der Waals surface area contributed by atoms with Gasteiger partial charge >= 0.3 is 0 Å². The van der Waals surface area contributed by atoms with Crippen LogP contribution in [0.2, 0.25) is 0 Å². The number of aryl methyl sites for hydroxylation is 1. The lowest BCUT2D eigenvalue weighted by Crippen LogP contribution is -2.21. The molecule has 0 saturated heterocycles. The Bertz CT molecular complexity index is 902. The van der Waals surface area contributed by atoms with Crippen LogP contribution in [0.3, 0.4) is 0 Å². The molecule has 0 saturated carbocycles. The third-order valence-electron chi connectivity index (χ3n) is 3.42. The van der Waals surface area contributed by atoms with Crippen molar-refractivity contribution in [3.8, 4) is 6.07 Å². The van der Waals surface area contributed by atoms with E-state index < -0.39 is 0 Å². The minimum atomic E-state index is -0.0481. The predicted molar refractivity (Wildman–Crippen MR) is 81.0 cm³/mol. The summed E-state index contributed by atoms with van der Waals surface area (Å²) in [5.74, 6) is 0. The van der Waals surface area contributed by atoms with E-state index in [-0.39, 0.29) is 5.56 Å². The lowest BCUT2D eigenvalue weighted by molar-refractivity contribution is 0.748. The first kappa shape index (κ1) is 13.1. The van der Waals surface area contributed by atoms with Gasteiger partial charge in [0.1, 0.15) is 0 Å². The fraction of sp³-hybridized carbons (Fsp3) is 0.118. The molecule has 3 rings (SSSR count). The van der Waals surface area contributed by atoms with Gasteiger partial charge in [-0.25, -0.2) is 4.98 Å². The van der Waals surface area contributed by atoms with Crippen molar-refractivity contribution in [3.05, 3.63) is 75.8 Å². The summed E-state index contributed by atoms with van der Waals surface area (Å²) in [6.45, 7) is 2.40. The Morgan fingerprint density at radius 3 is 2.67 bits per heavy atom. The number of aromatic nitrogens is 2. The third-order valence-corrected chi connectivity index (χ3v) is 3.42. The van der Waals surface area contributed by atoms with Crippen LogP contribution in [0, 0.1) is 18.3 Å². The molecule has 0 aliphatic carbocycles. The largest absolute Gasteiger partial charge is 0.294 e. The molecule has 4 nitrogen and oxygen atoms in total. The van der Waals surface area contributed by atoms with E-state index in [4.69, 9.17) is 5.26 Å². The highest BCUT2D eigenvalue weighted by atomic mass is 16.1. The smallest absolute Gasteiger partial charge is 0.261 e. The molecule has 0 fully saturated rings. The van der Waals surface area contributed by atoms with Crippen molar-refractivity contribution in [3.63, 3.8) is 0 Å². The topological polar surface area (TPSA) is 58.7 Å². The van der Waals surface area contributed by atoms with Crippen LogP contribution in [0.15, 0.2) is 53.6 Å². The zero-order chi connectivity index (χ0) is 14.8. The molecule has 0 bridgehead atoms. The zero-order valence-corrected chi connectivity index (χ0v) is 11.6. The van der Waals surface area contributed by atoms with Gasteiger partial charge in [0.15, 0.2) is 0 Å². The summed E-state index contributed by atoms with van der Waals surface area (Å²) in [5.41, 5.74) is 3.27. The summed E-state index contributed by atoms with van der Waals surface area (Å²) in [4.78, 5) is 16.8. The molecule has 1 heterocycles. The first-order valence-corrected chi connectivity index (χ1v) is 6.62. The van der Waals surface area contributed by atoms with Gasteiger partial charge in [0.2, 0.25) is 0 Å². The summed E-state index contributed by atoms with van der Waals surface area (Å²) in [6.07, 6.45) is 1.57. The second-order valence-corrected chi connectivity index (χ2v) is 5.01. The van der Waals surface area contributed by atoms with Crippen molar-refractivity contribution in [1.29, 1.82) is 5.26 Å². The maximum Gasteiger partial charge on any atom is 0.261 e. The molecule has 0 unspecified atom stereocenters. The Morgan fingerprint density at radius 2 is 1.95 bits per heavy atom. The van der Waals surface area contributed by atoms with Crippen LogP contribution in [-0.2, 0) is 6.54 Å². The highest BCUT2D eigenvalue weighted by Crippen LogP contribution is 2.10. The van der Waals surface area contributed by atoms with Gasteiger partial charge in [-0.1, -0.05) is 23.8 Å². The Hall–Kier alpha value is -2.93. The van der Waals surface area contributed by atoms with Gasteiger partial charge in [-0.05, 0) is 36.8 Å². The maximum atomic E-state index is 12.5. The molecule has 0 atom stereocenters. The minimum Gasteiger partial charge on any atom is -0.294 e. The molecule has 4 heteroatoms. The Kier molecular flexibility index (Phi) is 3.25. The normalized spacial score (nSPS) is 10.5. The number of nitrogens with zero attached hydrogens (tertiary/aromatic N) is 3. The third kappa shape index (κ3) is 2.54. The van der Waals surface area contributed by atoms with Crippen molar-refractivity contribution in [1.82, 2.24) is 9.55 Å². The molecule has 21 heavy (non-hydrogen) atoms. The Balaban J connectivity index is 2.02. The zero-order valence-electron chi connectivity index (χ0n) is 11.6. The molecule has 0 radical (unpaired) electrons. The van der Waals surface area contributed by atoms with Crippen LogP contribution in [0.4, 0.5) is 0 Å². The number of rotatable bonds is 2. The SMILES string of the molecule is Cc1ccc2ncn(Cc3ccc(C#N)cc3)c(=O)c2c1. The van der Waals surface area contributed by atoms with Gasteiger partial charge in [0.05, 0.1) is 35.4 Å². The van der Waals surface area contributed by atoms with E-state index in [1.807, 2.05) is 37.3 Å². The van der Waals surface area contributed by atoms with E-state index in [2.05, 4.69) is 11.1 Å². The lowest BCUT2D eigenvalue weighted by atomic mass is 10.1. The summed E-state index contributed by atoms with van der Waals surface area (Å²) < 4.78 is 1.59. The molecule has 0 aliphatic rings. The van der Waals surface area contributed by atoms with Crippen LogP contribution in [0.5, 0.6) is 0 Å². The molecule has 3 aromatic rings. The van der Waals surface area contributed by atoms with E-state index in [1.165, 1.54) is 0 Å². The van der Waals surface area contributed by atoms with Crippen LogP contribution in [0.25, 0.3) is 10.9 Å². The number of hydrogen-bond acceptors (Lipinski definition) is 3. The fourth-order valence-corrected chi connectivity index (χ4v) is 2.27. The standard InChI is InChI=1S/C17H13N3O/c1-12-2-7-16-15(8-12)17(21)20(11-19-16)10-14-5-3-13(9-18)4-6-14/h2-8,11H,10H2,1H3. The van der Waals surface area contributed by atoms with Crippen LogP contribution in [0.1, 0.15) is 16.7 Å². The predicted octanol–water partition coefficient (Wildman–Crippen LogP) is 2.62. The van der Waals surface area contributed by atoms with E-state index in [0.717, 1.165) is 11.1 Å². The summed E-state index contributed by atoms with van der Waals surface area (Å²) in [7, 11) is 0. The Labute approximate surface area is 121 Å². The average molecular weight is 275 g/mol. The van der Waals surface area contributed by atoms with Gasteiger partial charge in [0, 0.05) is 0 Å². The van der Waals surface area contributed by atoms with E-state index in [0.29, 0.717) is 23.0 Å². The molecule has 102 valence electrons. The highest BCUT2D eigenvalue weighted by molar-refractivity contribution is 5.77. The molecule has 0 amide bonds. The quantitative estimate of drug-likeness (QED) is 0.722. The number of benzene rings is 2. The van der Waals surface area contributed by atoms with Gasteiger partial charge in [-0.2, -0.15) is 5.26 Å². The fourth-order valence-electron chi connectivity index (χ4n) is 2.27. The van der Waals surface area contributed by atoms with Gasteiger partial charge in [-0.3, -0.25) is 9.36 Å². The van der Waals surface area contributed by atoms with E-state index in [1.54, 1.807) is 23.0 Å². The minimum absolute atomic E-state index is 0.0481. The second kappa shape index (κ2) is 5.22. The average Bonchev–Trinajstić information content (AvgIpc) is 2.51. The Morgan fingerprint density at radius 1 is 1.19 bits per heavy atom. The van der Waals surface area contributed by atoms with Crippen molar-refractivity contribution in [2.45, 2.75) is 13.5 Å². The van der Waals surface area contributed by atoms with E-state index in [9.17, 15) is 4.79 Å². The van der Waals surface area contributed by atoms with Crippen molar-refractivity contribution in [2.75, 3.05) is 0 Å². The first-order valence-electron chi connectivity index (χ1n) is 6.62. The van der Waals surface area contributed by atoms with Gasteiger partial charge < -0.3 is 0 Å². The molecular weight excluding hydrogens is 262 g/mol. The van der Waals surface area contributed by atoms with E-state index >= 15 is 0 Å². The highest BCUT2D eigenvalue weighted by Gasteiger charge is 2.05. The molecule has 0 N–H and O–H groups in total. The van der Waals surface area contributed by atoms with Gasteiger partial charge in [-0.15, -0.1) is 0 Å². The van der Waals surface area contributed by atoms with Crippen molar-refractivity contribution >= 4 is 10.9 Å². The van der Waals surface area contributed by atoms with Crippen LogP contribution >= 0.6 is 0 Å². The second-order valence-electron chi connectivity index (χ2n) is 5.01.